The molecule has 4 aromatic rings. The molecule has 0 saturated heterocycles. The van der Waals surface area contributed by atoms with Gasteiger partial charge >= 0.3 is 0 Å². The van der Waals surface area contributed by atoms with Crippen LogP contribution in [0.5, 0.6) is 11.5 Å². The maximum atomic E-state index is 13.8. The normalized spacial score (nSPS) is 15.1. The molecule has 1 aromatic heterocycles. The Morgan fingerprint density at radius 2 is 1.70 bits per heavy atom. The Morgan fingerprint density at radius 3 is 2.38 bits per heavy atom. The van der Waals surface area contributed by atoms with Crippen molar-refractivity contribution in [2.24, 2.45) is 4.99 Å². The van der Waals surface area contributed by atoms with E-state index in [9.17, 15) is 9.59 Å². The average Bonchev–Trinajstić information content (AvgIpc) is 3.22. The molecule has 7 nitrogen and oxygen atoms in total. The molecule has 5 rings (SSSR count). The first kappa shape index (κ1) is 24.3. The number of nitrogens with one attached hydrogen (secondary N) is 1. The zero-order chi connectivity index (χ0) is 25.9. The van der Waals surface area contributed by atoms with Crippen molar-refractivity contribution in [1.29, 1.82) is 0 Å². The zero-order valence-electron chi connectivity index (χ0n) is 20.6. The average molecular weight is 512 g/mol. The minimum absolute atomic E-state index is 0.229. The van der Waals surface area contributed by atoms with E-state index in [4.69, 9.17) is 14.5 Å². The minimum atomic E-state index is -0.751. The van der Waals surface area contributed by atoms with Crippen LogP contribution in [0, 0.1) is 0 Å². The van der Waals surface area contributed by atoms with Crippen LogP contribution >= 0.6 is 11.3 Å². The molecule has 1 aliphatic rings. The second-order valence-corrected chi connectivity index (χ2v) is 9.43. The first-order valence-corrected chi connectivity index (χ1v) is 12.5. The number of thiazole rings is 1. The third-order valence-electron chi connectivity index (χ3n) is 6.13. The Morgan fingerprint density at radius 1 is 1.00 bits per heavy atom. The van der Waals surface area contributed by atoms with E-state index in [1.165, 1.54) is 11.3 Å². The van der Waals surface area contributed by atoms with E-state index < -0.39 is 6.04 Å². The zero-order valence-corrected chi connectivity index (χ0v) is 21.4. The fraction of sp³-hybridized carbons (Fsp3) is 0.138. The molecule has 0 bridgehead atoms. The number of carbonyl (C=O) groups is 1. The molecule has 37 heavy (non-hydrogen) atoms. The van der Waals surface area contributed by atoms with Gasteiger partial charge in [0.05, 0.1) is 30.0 Å². The van der Waals surface area contributed by atoms with Gasteiger partial charge in [-0.25, -0.2) is 4.99 Å². The summed E-state index contributed by atoms with van der Waals surface area (Å²) < 4.78 is 13.2. The summed E-state index contributed by atoms with van der Waals surface area (Å²) in [6.07, 6.45) is 1.84. The van der Waals surface area contributed by atoms with E-state index >= 15 is 0 Å². The molecule has 1 aliphatic heterocycles. The van der Waals surface area contributed by atoms with Gasteiger partial charge < -0.3 is 14.8 Å². The van der Waals surface area contributed by atoms with Crippen molar-refractivity contribution in [3.63, 3.8) is 0 Å². The maximum absolute atomic E-state index is 13.8. The van der Waals surface area contributed by atoms with Crippen molar-refractivity contribution in [3.05, 3.63) is 121 Å². The SMILES string of the molecule is COc1ccc([C@H]2C(C(=O)Nc3ccccc3)=C(C)N=c3s/c(=C\c4ccccc4)c(=O)n32)c(OC)c1. The quantitative estimate of drug-likeness (QED) is 0.426. The highest BCUT2D eigenvalue weighted by Gasteiger charge is 2.34. The van der Waals surface area contributed by atoms with Crippen LogP contribution in [-0.4, -0.2) is 24.7 Å². The van der Waals surface area contributed by atoms with E-state index in [0.29, 0.717) is 43.4 Å². The summed E-state index contributed by atoms with van der Waals surface area (Å²) in [7, 11) is 3.13. The fourth-order valence-corrected chi connectivity index (χ4v) is 5.42. The third kappa shape index (κ3) is 4.71. The van der Waals surface area contributed by atoms with Gasteiger partial charge in [-0.1, -0.05) is 59.9 Å². The maximum Gasteiger partial charge on any atom is 0.271 e. The molecule has 0 radical (unpaired) electrons. The molecule has 2 heterocycles. The lowest BCUT2D eigenvalue weighted by atomic mass is 9.94. The smallest absolute Gasteiger partial charge is 0.271 e. The van der Waals surface area contributed by atoms with Crippen molar-refractivity contribution in [2.75, 3.05) is 19.5 Å². The van der Waals surface area contributed by atoms with Crippen LogP contribution in [0.1, 0.15) is 24.1 Å². The molecule has 1 atom stereocenters. The standard InChI is InChI=1S/C29H25N3O4S/c1-18-25(27(33)31-20-12-8-5-9-13-20)26(22-15-14-21(35-2)17-23(22)36-3)32-28(34)24(37-29(32)30-18)16-19-10-6-4-7-11-19/h4-17,26H,1-3H3,(H,31,33)/b24-16-/t26-/m0/s1. The number of ether oxygens (including phenoxy) is 2. The van der Waals surface area contributed by atoms with Crippen LogP contribution in [0.3, 0.4) is 0 Å². The Hall–Kier alpha value is -4.43. The second kappa shape index (κ2) is 10.3. The second-order valence-electron chi connectivity index (χ2n) is 8.42. The number of benzene rings is 3. The number of fused-ring (bicyclic) bond motifs is 1. The lowest BCUT2D eigenvalue weighted by Gasteiger charge is -2.26. The molecule has 0 spiro atoms. The van der Waals surface area contributed by atoms with E-state index in [1.807, 2.05) is 72.8 Å². The first-order chi connectivity index (χ1) is 18.0. The summed E-state index contributed by atoms with van der Waals surface area (Å²) in [5, 5.41) is 2.96. The van der Waals surface area contributed by atoms with Gasteiger partial charge in [-0.3, -0.25) is 14.2 Å². The Balaban J connectivity index is 1.72. The van der Waals surface area contributed by atoms with Gasteiger partial charge in [-0.05, 0) is 42.8 Å². The van der Waals surface area contributed by atoms with Crippen LogP contribution < -0.4 is 29.7 Å². The molecule has 8 heteroatoms. The number of hydrogen-bond acceptors (Lipinski definition) is 6. The van der Waals surface area contributed by atoms with Gasteiger partial charge in [0.1, 0.15) is 17.5 Å². The molecule has 1 N–H and O–H groups in total. The molecule has 0 unspecified atom stereocenters. The lowest BCUT2D eigenvalue weighted by Crippen LogP contribution is -2.40. The highest BCUT2D eigenvalue weighted by molar-refractivity contribution is 7.07. The van der Waals surface area contributed by atoms with Crippen LogP contribution in [0.15, 0.2) is 99.9 Å². The van der Waals surface area contributed by atoms with Crippen LogP contribution in [0.4, 0.5) is 5.69 Å². The minimum Gasteiger partial charge on any atom is -0.497 e. The summed E-state index contributed by atoms with van der Waals surface area (Å²) in [6, 6.07) is 23.4. The summed E-state index contributed by atoms with van der Waals surface area (Å²) in [6.45, 7) is 1.79. The predicted octanol–water partition coefficient (Wildman–Crippen LogP) is 3.89. The topological polar surface area (TPSA) is 81.9 Å². The summed E-state index contributed by atoms with van der Waals surface area (Å²) in [5.41, 5.74) is 2.88. The highest BCUT2D eigenvalue weighted by atomic mass is 32.1. The van der Waals surface area contributed by atoms with E-state index in [2.05, 4.69) is 5.32 Å². The number of nitrogens with zero attached hydrogens (tertiary/aromatic N) is 2. The number of hydrogen-bond donors (Lipinski definition) is 1. The predicted molar refractivity (Wildman–Crippen MR) is 145 cm³/mol. The monoisotopic (exact) mass is 511 g/mol. The Labute approximate surface area is 217 Å². The van der Waals surface area contributed by atoms with E-state index in [0.717, 1.165) is 5.56 Å². The fourth-order valence-electron chi connectivity index (χ4n) is 4.37. The van der Waals surface area contributed by atoms with Crippen LogP contribution in [-0.2, 0) is 4.79 Å². The number of allylic oxidation sites excluding steroid dienone is 1. The van der Waals surface area contributed by atoms with Gasteiger partial charge in [-0.2, -0.15) is 0 Å². The van der Waals surface area contributed by atoms with E-state index in [-0.39, 0.29) is 11.5 Å². The number of para-hydroxylation sites is 1. The molecule has 3 aromatic carbocycles. The van der Waals surface area contributed by atoms with Crippen molar-refractivity contribution >= 4 is 29.0 Å². The molecular weight excluding hydrogens is 486 g/mol. The van der Waals surface area contributed by atoms with Crippen molar-refractivity contribution in [3.8, 4) is 11.5 Å². The van der Waals surface area contributed by atoms with Gasteiger partial charge in [0.15, 0.2) is 4.80 Å². The molecule has 0 saturated carbocycles. The number of anilines is 1. The number of rotatable bonds is 6. The number of aromatic nitrogens is 1. The first-order valence-electron chi connectivity index (χ1n) is 11.7. The van der Waals surface area contributed by atoms with Crippen molar-refractivity contribution in [1.82, 2.24) is 4.57 Å². The van der Waals surface area contributed by atoms with Gasteiger partial charge in [0.25, 0.3) is 11.5 Å². The lowest BCUT2D eigenvalue weighted by molar-refractivity contribution is -0.113. The van der Waals surface area contributed by atoms with Gasteiger partial charge in [0.2, 0.25) is 0 Å². The molecular formula is C29H25N3O4S. The number of methoxy groups -OCH3 is 2. The Bertz CT molecular complexity index is 1670. The van der Waals surface area contributed by atoms with E-state index in [1.54, 1.807) is 37.8 Å². The summed E-state index contributed by atoms with van der Waals surface area (Å²) in [5.74, 6) is 0.766. The van der Waals surface area contributed by atoms with Crippen LogP contribution in [0.2, 0.25) is 0 Å². The molecule has 1 amide bonds. The molecule has 186 valence electrons. The Kier molecular flexibility index (Phi) is 6.74. The third-order valence-corrected chi connectivity index (χ3v) is 7.11. The highest BCUT2D eigenvalue weighted by Crippen LogP contribution is 2.37. The number of amides is 1. The van der Waals surface area contributed by atoms with Crippen LogP contribution in [0.25, 0.3) is 6.08 Å². The van der Waals surface area contributed by atoms with Gasteiger partial charge in [-0.15, -0.1) is 0 Å². The largest absolute Gasteiger partial charge is 0.497 e. The van der Waals surface area contributed by atoms with Crippen molar-refractivity contribution < 1.29 is 14.3 Å². The molecule has 0 aliphatic carbocycles. The molecule has 0 fully saturated rings. The summed E-state index contributed by atoms with van der Waals surface area (Å²) in [4.78, 5) is 32.7. The summed E-state index contributed by atoms with van der Waals surface area (Å²) >= 11 is 1.29. The van der Waals surface area contributed by atoms with Crippen molar-refractivity contribution in [2.45, 2.75) is 13.0 Å². The van der Waals surface area contributed by atoms with Gasteiger partial charge in [0, 0.05) is 17.3 Å². The number of carbonyl (C=O) groups excluding carboxylic acids is 1.